The first kappa shape index (κ1) is 11.4. The summed E-state index contributed by atoms with van der Waals surface area (Å²) in [6.07, 6.45) is 1.09. The maximum atomic E-state index is 6.02. The number of benzene rings is 1. The van der Waals surface area contributed by atoms with E-state index in [4.69, 9.17) is 11.6 Å². The summed E-state index contributed by atoms with van der Waals surface area (Å²) in [6.45, 7) is 3.93. The predicted octanol–water partition coefficient (Wildman–Crippen LogP) is 2.82. The highest BCUT2D eigenvalue weighted by molar-refractivity contribution is 6.31. The summed E-state index contributed by atoms with van der Waals surface area (Å²) in [7, 11) is 1.93. The second kappa shape index (κ2) is 4.85. The van der Waals surface area contributed by atoms with Crippen molar-refractivity contribution in [1.82, 2.24) is 14.9 Å². The van der Waals surface area contributed by atoms with Crippen LogP contribution in [0.2, 0.25) is 5.02 Å². The zero-order chi connectivity index (χ0) is 11.5. The van der Waals surface area contributed by atoms with Gasteiger partial charge in [-0.05, 0) is 31.7 Å². The molecule has 0 spiro atoms. The molecule has 0 unspecified atom stereocenters. The molecule has 3 nitrogen and oxygen atoms in total. The minimum atomic E-state index is 0.765. The molecular weight excluding hydrogens is 222 g/mol. The largest absolute Gasteiger partial charge is 0.327 e. The molecule has 1 aromatic carbocycles. The lowest BCUT2D eigenvalue weighted by Crippen LogP contribution is -2.12. The summed E-state index contributed by atoms with van der Waals surface area (Å²) in [5, 5.41) is 3.91. The van der Waals surface area contributed by atoms with Gasteiger partial charge in [0.1, 0.15) is 5.82 Å². The molecule has 16 heavy (non-hydrogen) atoms. The van der Waals surface area contributed by atoms with Crippen LogP contribution >= 0.6 is 11.6 Å². The van der Waals surface area contributed by atoms with E-state index >= 15 is 0 Å². The zero-order valence-electron chi connectivity index (χ0n) is 9.63. The maximum absolute atomic E-state index is 6.02. The van der Waals surface area contributed by atoms with E-state index in [9.17, 15) is 0 Å². The predicted molar refractivity (Wildman–Crippen MR) is 67.8 cm³/mol. The number of hydrogen-bond donors (Lipinski definition) is 1. The van der Waals surface area contributed by atoms with E-state index in [1.807, 2.05) is 25.2 Å². The van der Waals surface area contributed by atoms with Crippen molar-refractivity contribution in [1.29, 1.82) is 0 Å². The van der Waals surface area contributed by atoms with Crippen LogP contribution in [0.15, 0.2) is 18.2 Å². The monoisotopic (exact) mass is 237 g/mol. The van der Waals surface area contributed by atoms with Crippen molar-refractivity contribution in [3.8, 4) is 0 Å². The molecule has 0 aliphatic heterocycles. The maximum Gasteiger partial charge on any atom is 0.123 e. The van der Waals surface area contributed by atoms with E-state index in [1.54, 1.807) is 0 Å². The smallest absolute Gasteiger partial charge is 0.123 e. The van der Waals surface area contributed by atoms with Gasteiger partial charge in [-0.25, -0.2) is 4.98 Å². The van der Waals surface area contributed by atoms with Crippen LogP contribution in [0.4, 0.5) is 0 Å². The van der Waals surface area contributed by atoms with E-state index in [0.717, 1.165) is 41.4 Å². The molecule has 0 aliphatic carbocycles. The number of aromatic nitrogens is 2. The molecule has 2 aromatic rings. The molecule has 0 saturated heterocycles. The first-order valence-corrected chi connectivity index (χ1v) is 5.93. The average Bonchev–Trinajstić information content (AvgIpc) is 2.58. The summed E-state index contributed by atoms with van der Waals surface area (Å²) in [4.78, 5) is 4.60. The molecular formula is C12H16ClN3. The van der Waals surface area contributed by atoms with Crippen molar-refractivity contribution in [3.63, 3.8) is 0 Å². The third kappa shape index (κ3) is 2.06. The van der Waals surface area contributed by atoms with Crippen LogP contribution in [0.5, 0.6) is 0 Å². The van der Waals surface area contributed by atoms with Gasteiger partial charge in [-0.2, -0.15) is 0 Å². The minimum Gasteiger partial charge on any atom is -0.327 e. The number of aryl methyl sites for hydroxylation is 1. The van der Waals surface area contributed by atoms with Gasteiger partial charge in [0.2, 0.25) is 0 Å². The lowest BCUT2D eigenvalue weighted by molar-refractivity contribution is 0.629. The Bertz CT molecular complexity index is 490. The van der Waals surface area contributed by atoms with Gasteiger partial charge in [0, 0.05) is 11.6 Å². The van der Waals surface area contributed by atoms with Gasteiger partial charge in [-0.1, -0.05) is 18.5 Å². The standard InChI is InChI=1S/C12H16ClN3/c1-3-6-16-11-7-9(13)4-5-10(11)15-12(16)8-14-2/h4-5,7,14H,3,6,8H2,1-2H3. The number of nitrogens with zero attached hydrogens (tertiary/aromatic N) is 2. The van der Waals surface area contributed by atoms with E-state index < -0.39 is 0 Å². The second-order valence-electron chi connectivity index (χ2n) is 3.84. The summed E-state index contributed by atoms with van der Waals surface area (Å²) >= 11 is 6.02. The summed E-state index contributed by atoms with van der Waals surface area (Å²) in [5.74, 6) is 1.07. The van der Waals surface area contributed by atoms with Gasteiger partial charge in [-0.15, -0.1) is 0 Å². The second-order valence-corrected chi connectivity index (χ2v) is 4.28. The molecule has 1 heterocycles. The van der Waals surface area contributed by atoms with E-state index in [1.165, 1.54) is 0 Å². The molecule has 0 atom stereocenters. The first-order valence-electron chi connectivity index (χ1n) is 5.55. The number of halogens is 1. The zero-order valence-corrected chi connectivity index (χ0v) is 10.4. The van der Waals surface area contributed by atoms with Gasteiger partial charge in [0.15, 0.2) is 0 Å². The fraction of sp³-hybridized carbons (Fsp3) is 0.417. The average molecular weight is 238 g/mol. The van der Waals surface area contributed by atoms with Gasteiger partial charge in [0.05, 0.1) is 17.6 Å². The SMILES string of the molecule is CCCn1c(CNC)nc2ccc(Cl)cc21. The van der Waals surface area contributed by atoms with Crippen LogP contribution in [0, 0.1) is 0 Å². The summed E-state index contributed by atoms with van der Waals surface area (Å²) < 4.78 is 2.23. The summed E-state index contributed by atoms with van der Waals surface area (Å²) in [6, 6.07) is 5.85. The van der Waals surface area contributed by atoms with E-state index in [2.05, 4.69) is 21.8 Å². The number of hydrogen-bond acceptors (Lipinski definition) is 2. The lowest BCUT2D eigenvalue weighted by Gasteiger charge is -2.06. The van der Waals surface area contributed by atoms with Gasteiger partial charge in [-0.3, -0.25) is 0 Å². The molecule has 0 aliphatic rings. The topological polar surface area (TPSA) is 29.9 Å². The number of fused-ring (bicyclic) bond motifs is 1. The van der Waals surface area contributed by atoms with Crippen LogP contribution in [-0.4, -0.2) is 16.6 Å². The highest BCUT2D eigenvalue weighted by atomic mass is 35.5. The van der Waals surface area contributed by atoms with Crippen molar-refractivity contribution >= 4 is 22.6 Å². The Morgan fingerprint density at radius 1 is 1.44 bits per heavy atom. The lowest BCUT2D eigenvalue weighted by atomic mass is 10.3. The Kier molecular flexibility index (Phi) is 3.46. The molecule has 0 bridgehead atoms. The number of rotatable bonds is 4. The van der Waals surface area contributed by atoms with Crippen LogP contribution in [0.3, 0.4) is 0 Å². The molecule has 1 N–H and O–H groups in total. The van der Waals surface area contributed by atoms with Crippen LogP contribution in [0.1, 0.15) is 19.2 Å². The fourth-order valence-corrected chi connectivity index (χ4v) is 2.08. The first-order chi connectivity index (χ1) is 7.76. The number of imidazole rings is 1. The normalized spacial score (nSPS) is 11.2. The fourth-order valence-electron chi connectivity index (χ4n) is 1.91. The van der Waals surface area contributed by atoms with Gasteiger partial charge >= 0.3 is 0 Å². The molecule has 86 valence electrons. The minimum absolute atomic E-state index is 0.765. The van der Waals surface area contributed by atoms with Gasteiger partial charge in [0.25, 0.3) is 0 Å². The molecule has 0 saturated carbocycles. The molecule has 1 aromatic heterocycles. The van der Waals surface area contributed by atoms with Crippen molar-refractivity contribution in [2.45, 2.75) is 26.4 Å². The highest BCUT2D eigenvalue weighted by Gasteiger charge is 2.09. The Labute approximate surface area is 100 Å². The quantitative estimate of drug-likeness (QED) is 0.886. The van der Waals surface area contributed by atoms with E-state index in [-0.39, 0.29) is 0 Å². The highest BCUT2D eigenvalue weighted by Crippen LogP contribution is 2.21. The third-order valence-corrected chi connectivity index (χ3v) is 2.81. The van der Waals surface area contributed by atoms with Crippen LogP contribution < -0.4 is 5.32 Å². The Balaban J connectivity index is 2.57. The number of nitrogens with one attached hydrogen (secondary N) is 1. The van der Waals surface area contributed by atoms with Crippen molar-refractivity contribution in [2.75, 3.05) is 7.05 Å². The van der Waals surface area contributed by atoms with Crippen molar-refractivity contribution in [3.05, 3.63) is 29.0 Å². The molecule has 0 radical (unpaired) electrons. The van der Waals surface area contributed by atoms with Crippen LogP contribution in [-0.2, 0) is 13.1 Å². The molecule has 0 amide bonds. The van der Waals surface area contributed by atoms with Crippen LogP contribution in [0.25, 0.3) is 11.0 Å². The third-order valence-electron chi connectivity index (χ3n) is 2.57. The Hall–Kier alpha value is -1.06. The van der Waals surface area contributed by atoms with E-state index in [0.29, 0.717) is 0 Å². The molecule has 4 heteroatoms. The molecule has 2 rings (SSSR count). The Morgan fingerprint density at radius 2 is 2.25 bits per heavy atom. The van der Waals surface area contributed by atoms with Crippen molar-refractivity contribution in [2.24, 2.45) is 0 Å². The van der Waals surface area contributed by atoms with Gasteiger partial charge < -0.3 is 9.88 Å². The Morgan fingerprint density at radius 3 is 2.94 bits per heavy atom. The van der Waals surface area contributed by atoms with Crippen molar-refractivity contribution < 1.29 is 0 Å². The summed E-state index contributed by atoms with van der Waals surface area (Å²) in [5.41, 5.74) is 2.14. The molecule has 0 fully saturated rings.